The molecule has 2 rings (SSSR count). The summed E-state index contributed by atoms with van der Waals surface area (Å²) in [6, 6.07) is 3.72. The van der Waals surface area contributed by atoms with Crippen molar-refractivity contribution in [2.24, 2.45) is 0 Å². The van der Waals surface area contributed by atoms with Gasteiger partial charge in [0, 0.05) is 22.6 Å². The van der Waals surface area contributed by atoms with Gasteiger partial charge >= 0.3 is 0 Å². The van der Waals surface area contributed by atoms with E-state index in [4.69, 9.17) is 0 Å². The lowest BCUT2D eigenvalue weighted by Crippen LogP contribution is -2.22. The fourth-order valence-electron chi connectivity index (χ4n) is 1.36. The van der Waals surface area contributed by atoms with E-state index < -0.39 is 0 Å². The largest absolute Gasteiger partial charge is 0.346 e. The summed E-state index contributed by atoms with van der Waals surface area (Å²) < 4.78 is 2.77. The van der Waals surface area contributed by atoms with Crippen LogP contribution in [-0.4, -0.2) is 15.7 Å². The molecular formula is C11H12BrN3OS. The van der Waals surface area contributed by atoms with E-state index in [1.165, 1.54) is 11.3 Å². The van der Waals surface area contributed by atoms with Crippen LogP contribution in [0.5, 0.6) is 0 Å². The lowest BCUT2D eigenvalue weighted by Gasteiger charge is -2.00. The lowest BCUT2D eigenvalue weighted by molar-refractivity contribution is 0.0954. The second kappa shape index (κ2) is 5.46. The van der Waals surface area contributed by atoms with Crippen molar-refractivity contribution in [3.63, 3.8) is 0 Å². The van der Waals surface area contributed by atoms with Crippen LogP contribution in [0.15, 0.2) is 28.2 Å². The Morgan fingerprint density at radius 1 is 1.65 bits per heavy atom. The Hall–Kier alpha value is -1.14. The molecule has 0 saturated carbocycles. The molecule has 0 unspecified atom stereocenters. The van der Waals surface area contributed by atoms with Crippen LogP contribution in [0.25, 0.3) is 0 Å². The van der Waals surface area contributed by atoms with E-state index in [1.54, 1.807) is 0 Å². The number of carbonyl (C=O) groups excluding carboxylic acids is 1. The van der Waals surface area contributed by atoms with Crippen molar-refractivity contribution < 1.29 is 4.79 Å². The summed E-state index contributed by atoms with van der Waals surface area (Å²) in [6.45, 7) is 3.33. The molecule has 2 aromatic rings. The molecule has 0 atom stereocenters. The number of hydrogen-bond donors (Lipinski definition) is 1. The normalized spacial score (nSPS) is 10.5. The van der Waals surface area contributed by atoms with Gasteiger partial charge in [0.2, 0.25) is 0 Å². The van der Waals surface area contributed by atoms with Crippen molar-refractivity contribution in [1.82, 2.24) is 15.1 Å². The third-order valence-corrected chi connectivity index (χ3v) is 3.93. The maximum absolute atomic E-state index is 11.8. The molecule has 1 amide bonds. The van der Waals surface area contributed by atoms with Crippen molar-refractivity contribution in [3.05, 3.63) is 38.8 Å². The maximum Gasteiger partial charge on any atom is 0.261 e. The van der Waals surface area contributed by atoms with Crippen LogP contribution in [-0.2, 0) is 13.1 Å². The van der Waals surface area contributed by atoms with Gasteiger partial charge in [0.1, 0.15) is 0 Å². The molecule has 1 N–H and O–H groups in total. The van der Waals surface area contributed by atoms with Crippen LogP contribution < -0.4 is 5.32 Å². The second-order valence-corrected chi connectivity index (χ2v) is 5.30. The minimum absolute atomic E-state index is 0.0632. The number of aromatic nitrogens is 2. The number of aryl methyl sites for hydroxylation is 1. The topological polar surface area (TPSA) is 46.9 Å². The summed E-state index contributed by atoms with van der Waals surface area (Å²) in [7, 11) is 0. The summed E-state index contributed by atoms with van der Waals surface area (Å²) >= 11 is 4.74. The molecule has 90 valence electrons. The first kappa shape index (κ1) is 12.3. The van der Waals surface area contributed by atoms with Gasteiger partial charge in [-0.25, -0.2) is 0 Å². The van der Waals surface area contributed by atoms with Gasteiger partial charge in [0.05, 0.1) is 17.1 Å². The number of nitrogens with zero attached hydrogens (tertiary/aromatic N) is 2. The average Bonchev–Trinajstić information content (AvgIpc) is 2.94. The van der Waals surface area contributed by atoms with Gasteiger partial charge in [0.15, 0.2) is 0 Å². The quantitative estimate of drug-likeness (QED) is 0.943. The highest BCUT2D eigenvalue weighted by Crippen LogP contribution is 2.19. The minimum Gasteiger partial charge on any atom is -0.346 e. The maximum atomic E-state index is 11.8. The van der Waals surface area contributed by atoms with E-state index >= 15 is 0 Å². The summed E-state index contributed by atoms with van der Waals surface area (Å²) in [5.74, 6) is -0.0632. The number of halogens is 1. The Labute approximate surface area is 112 Å². The molecule has 17 heavy (non-hydrogen) atoms. The molecule has 0 aliphatic carbocycles. The Balaban J connectivity index is 1.92. The number of hydrogen-bond acceptors (Lipinski definition) is 3. The highest BCUT2D eigenvalue weighted by atomic mass is 79.9. The molecule has 0 aromatic carbocycles. The van der Waals surface area contributed by atoms with Crippen LogP contribution >= 0.6 is 27.3 Å². The zero-order valence-corrected chi connectivity index (χ0v) is 11.7. The summed E-state index contributed by atoms with van der Waals surface area (Å²) in [5.41, 5.74) is 0.871. The molecule has 0 bridgehead atoms. The first-order valence-electron chi connectivity index (χ1n) is 5.23. The van der Waals surface area contributed by atoms with Crippen LogP contribution in [0, 0.1) is 0 Å². The van der Waals surface area contributed by atoms with E-state index in [1.807, 2.05) is 35.3 Å². The highest BCUT2D eigenvalue weighted by molar-refractivity contribution is 9.10. The van der Waals surface area contributed by atoms with E-state index in [0.717, 1.165) is 16.7 Å². The number of thiophene rings is 1. The molecule has 0 aliphatic heterocycles. The molecular weight excluding hydrogens is 302 g/mol. The smallest absolute Gasteiger partial charge is 0.261 e. The summed E-state index contributed by atoms with van der Waals surface area (Å²) in [4.78, 5) is 12.5. The third kappa shape index (κ3) is 3.17. The number of rotatable bonds is 4. The predicted molar refractivity (Wildman–Crippen MR) is 71.1 cm³/mol. The lowest BCUT2D eigenvalue weighted by atomic mass is 10.4. The van der Waals surface area contributed by atoms with Gasteiger partial charge in [0.25, 0.3) is 5.91 Å². The number of nitrogens with one attached hydrogen (secondary N) is 1. The molecule has 0 aliphatic rings. The van der Waals surface area contributed by atoms with Gasteiger partial charge in [-0.05, 0) is 35.0 Å². The van der Waals surface area contributed by atoms with Gasteiger partial charge in [-0.15, -0.1) is 11.3 Å². The van der Waals surface area contributed by atoms with Crippen LogP contribution in [0.2, 0.25) is 0 Å². The predicted octanol–water partition coefficient (Wildman–Crippen LogP) is 2.66. The van der Waals surface area contributed by atoms with Crippen molar-refractivity contribution in [3.8, 4) is 0 Å². The Morgan fingerprint density at radius 3 is 3.06 bits per heavy atom. The monoisotopic (exact) mass is 313 g/mol. The minimum atomic E-state index is -0.0632. The Kier molecular flexibility index (Phi) is 3.96. The summed E-state index contributed by atoms with van der Waals surface area (Å²) in [5, 5.41) is 9.03. The van der Waals surface area contributed by atoms with Gasteiger partial charge in [-0.3, -0.25) is 9.48 Å². The third-order valence-electron chi connectivity index (χ3n) is 2.24. The van der Waals surface area contributed by atoms with E-state index in [2.05, 4.69) is 26.3 Å². The van der Waals surface area contributed by atoms with Crippen molar-refractivity contribution in [2.45, 2.75) is 20.0 Å². The Bertz CT molecular complexity index is 520. The van der Waals surface area contributed by atoms with Crippen molar-refractivity contribution in [1.29, 1.82) is 0 Å². The van der Waals surface area contributed by atoms with Crippen molar-refractivity contribution >= 4 is 33.2 Å². The first-order valence-corrected chi connectivity index (χ1v) is 6.91. The summed E-state index contributed by atoms with van der Waals surface area (Å²) in [6.07, 6.45) is 1.91. The molecule has 4 nitrogen and oxygen atoms in total. The standard InChI is InChI=1S/C11H12BrN3OS/c1-2-15-4-3-9(14-15)6-13-11(16)10-5-8(12)7-17-10/h3-5,7H,2,6H2,1H3,(H,13,16). The van der Waals surface area contributed by atoms with E-state index in [-0.39, 0.29) is 5.91 Å². The Morgan fingerprint density at radius 2 is 2.47 bits per heavy atom. The number of carbonyl (C=O) groups is 1. The van der Waals surface area contributed by atoms with Crippen LogP contribution in [0.1, 0.15) is 22.3 Å². The zero-order valence-electron chi connectivity index (χ0n) is 9.31. The van der Waals surface area contributed by atoms with Gasteiger partial charge < -0.3 is 5.32 Å². The first-order chi connectivity index (χ1) is 8.19. The molecule has 6 heteroatoms. The van der Waals surface area contributed by atoms with Gasteiger partial charge in [-0.2, -0.15) is 5.10 Å². The van der Waals surface area contributed by atoms with Crippen LogP contribution in [0.3, 0.4) is 0 Å². The molecule has 0 fully saturated rings. The number of amides is 1. The molecule has 2 heterocycles. The van der Waals surface area contributed by atoms with E-state index in [0.29, 0.717) is 11.4 Å². The molecule has 0 spiro atoms. The SMILES string of the molecule is CCn1ccc(CNC(=O)c2cc(Br)cs2)n1. The van der Waals surface area contributed by atoms with Crippen LogP contribution in [0.4, 0.5) is 0 Å². The van der Waals surface area contributed by atoms with Gasteiger partial charge in [-0.1, -0.05) is 0 Å². The fraction of sp³-hybridized carbons (Fsp3) is 0.273. The fourth-order valence-corrected chi connectivity index (χ4v) is 2.71. The zero-order chi connectivity index (χ0) is 12.3. The highest BCUT2D eigenvalue weighted by Gasteiger charge is 2.08. The molecule has 2 aromatic heterocycles. The second-order valence-electron chi connectivity index (χ2n) is 3.47. The molecule has 0 saturated heterocycles. The molecule has 0 radical (unpaired) electrons. The van der Waals surface area contributed by atoms with Crippen molar-refractivity contribution in [2.75, 3.05) is 0 Å². The average molecular weight is 314 g/mol. The van der Waals surface area contributed by atoms with E-state index in [9.17, 15) is 4.79 Å².